The summed E-state index contributed by atoms with van der Waals surface area (Å²) in [5.74, 6) is 6.64. The molecular weight excluding hydrogens is 496 g/mol. The number of likely N-dealkylation sites (tertiary alicyclic amines) is 1. The molecule has 0 bridgehead atoms. The first-order chi connectivity index (χ1) is 18.8. The van der Waals surface area contributed by atoms with Crippen molar-refractivity contribution in [1.29, 1.82) is 0 Å². The molecule has 2 atom stereocenters. The number of benzene rings is 2. The maximum Gasteiger partial charge on any atom is 0.255 e. The van der Waals surface area contributed by atoms with Crippen molar-refractivity contribution in [3.8, 4) is 17.6 Å². The smallest absolute Gasteiger partial charge is 0.255 e. The molecule has 3 fully saturated rings. The third-order valence-corrected chi connectivity index (χ3v) is 8.63. The molecule has 4 aliphatic rings. The number of anilines is 1. The van der Waals surface area contributed by atoms with Crippen LogP contribution in [0.2, 0.25) is 0 Å². The molecule has 1 unspecified atom stereocenters. The van der Waals surface area contributed by atoms with E-state index in [0.717, 1.165) is 30.4 Å². The van der Waals surface area contributed by atoms with E-state index in [1.807, 2.05) is 17.0 Å². The van der Waals surface area contributed by atoms with Crippen LogP contribution >= 0.6 is 0 Å². The van der Waals surface area contributed by atoms with Gasteiger partial charge < -0.3 is 20.3 Å². The van der Waals surface area contributed by atoms with Crippen molar-refractivity contribution >= 4 is 29.3 Å². The predicted molar refractivity (Wildman–Crippen MR) is 142 cm³/mol. The lowest BCUT2D eigenvalue weighted by Crippen LogP contribution is -2.52. The van der Waals surface area contributed by atoms with E-state index in [9.17, 15) is 19.2 Å². The molecule has 3 N–H and O–H groups in total. The summed E-state index contributed by atoms with van der Waals surface area (Å²) in [5.41, 5.74) is 9.42. The summed E-state index contributed by atoms with van der Waals surface area (Å²) in [5, 5.41) is 2.33. The number of hydrogen-bond donors (Lipinski definition) is 2. The Balaban J connectivity index is 1.07. The number of nitrogens with two attached hydrogens (primary N) is 1. The highest BCUT2D eigenvalue weighted by Gasteiger charge is 2.54. The summed E-state index contributed by atoms with van der Waals surface area (Å²) in [7, 11) is 1.54. The summed E-state index contributed by atoms with van der Waals surface area (Å²) >= 11 is 0. The number of fused-ring (bicyclic) bond motifs is 1. The van der Waals surface area contributed by atoms with Gasteiger partial charge in [-0.15, -0.1) is 0 Å². The Morgan fingerprint density at radius 1 is 1.13 bits per heavy atom. The van der Waals surface area contributed by atoms with E-state index in [-0.39, 0.29) is 29.6 Å². The number of piperidine rings is 2. The van der Waals surface area contributed by atoms with Crippen LogP contribution in [0.25, 0.3) is 0 Å². The second-order valence-electron chi connectivity index (χ2n) is 10.9. The molecule has 4 amide bonds. The SMILES string of the molecule is COc1cc(C(=O)N2CCC3(CC2)C[C@@H]3C#Cc2ccc3c(c2)CN(C2CCC(=O)NC2=O)C3=O)ccc1N. The Kier molecular flexibility index (Phi) is 6.06. The van der Waals surface area contributed by atoms with Crippen molar-refractivity contribution in [2.45, 2.75) is 44.7 Å². The minimum absolute atomic E-state index is 0.00882. The first kappa shape index (κ1) is 25.0. The van der Waals surface area contributed by atoms with Gasteiger partial charge in [0, 0.05) is 48.7 Å². The first-order valence-electron chi connectivity index (χ1n) is 13.3. The highest BCUT2D eigenvalue weighted by atomic mass is 16.5. The highest BCUT2D eigenvalue weighted by molar-refractivity contribution is 6.05. The van der Waals surface area contributed by atoms with Crippen LogP contribution in [0, 0.1) is 23.2 Å². The lowest BCUT2D eigenvalue weighted by Gasteiger charge is -2.32. The molecule has 1 spiro atoms. The molecule has 0 radical (unpaired) electrons. The fraction of sp³-hybridized carbons (Fsp3) is 0.400. The molecule has 200 valence electrons. The predicted octanol–water partition coefficient (Wildman–Crippen LogP) is 2.33. The van der Waals surface area contributed by atoms with Crippen LogP contribution in [0.4, 0.5) is 5.69 Å². The molecule has 6 rings (SSSR count). The van der Waals surface area contributed by atoms with Gasteiger partial charge in [0.25, 0.3) is 11.8 Å². The number of nitrogen functional groups attached to an aromatic ring is 1. The molecule has 0 aromatic heterocycles. The van der Waals surface area contributed by atoms with Gasteiger partial charge in [-0.3, -0.25) is 24.5 Å². The maximum absolute atomic E-state index is 13.0. The average Bonchev–Trinajstić information content (AvgIpc) is 3.50. The largest absolute Gasteiger partial charge is 0.495 e. The molecule has 1 aliphatic carbocycles. The number of carbonyl (C=O) groups is 4. The number of nitrogens with zero attached hydrogens (tertiary/aromatic N) is 2. The van der Waals surface area contributed by atoms with Crippen molar-refractivity contribution in [3.05, 3.63) is 58.7 Å². The number of methoxy groups -OCH3 is 1. The number of ether oxygens (including phenoxy) is 1. The zero-order valence-corrected chi connectivity index (χ0v) is 21.8. The molecule has 39 heavy (non-hydrogen) atoms. The van der Waals surface area contributed by atoms with Gasteiger partial charge in [-0.1, -0.05) is 11.8 Å². The van der Waals surface area contributed by atoms with Crippen molar-refractivity contribution in [1.82, 2.24) is 15.1 Å². The van der Waals surface area contributed by atoms with E-state index in [0.29, 0.717) is 54.5 Å². The molecule has 3 aliphatic heterocycles. The lowest BCUT2D eigenvalue weighted by atomic mass is 9.90. The van der Waals surface area contributed by atoms with Crippen molar-refractivity contribution in [3.63, 3.8) is 0 Å². The van der Waals surface area contributed by atoms with Gasteiger partial charge in [0.2, 0.25) is 11.8 Å². The number of amides is 4. The number of hydrogen-bond acceptors (Lipinski definition) is 6. The van der Waals surface area contributed by atoms with E-state index < -0.39 is 11.9 Å². The molecule has 2 saturated heterocycles. The van der Waals surface area contributed by atoms with Gasteiger partial charge in [-0.25, -0.2) is 0 Å². The number of nitrogens with one attached hydrogen (secondary N) is 1. The van der Waals surface area contributed by atoms with Crippen LogP contribution in [0.15, 0.2) is 36.4 Å². The lowest BCUT2D eigenvalue weighted by molar-refractivity contribution is -0.136. The Labute approximate surface area is 226 Å². The van der Waals surface area contributed by atoms with E-state index in [1.165, 1.54) is 7.11 Å². The van der Waals surface area contributed by atoms with Gasteiger partial charge in [0.05, 0.1) is 12.8 Å². The first-order valence-corrected chi connectivity index (χ1v) is 13.3. The Morgan fingerprint density at radius 3 is 2.67 bits per heavy atom. The summed E-state index contributed by atoms with van der Waals surface area (Å²) < 4.78 is 5.26. The van der Waals surface area contributed by atoms with E-state index in [1.54, 1.807) is 29.2 Å². The summed E-state index contributed by atoms with van der Waals surface area (Å²) in [6.07, 6.45) is 3.45. The molecule has 2 aromatic rings. The average molecular weight is 527 g/mol. The maximum atomic E-state index is 13.0. The Bertz CT molecular complexity index is 1460. The van der Waals surface area contributed by atoms with Crippen molar-refractivity contribution in [2.24, 2.45) is 11.3 Å². The summed E-state index contributed by atoms with van der Waals surface area (Å²) in [4.78, 5) is 53.1. The minimum Gasteiger partial charge on any atom is -0.495 e. The van der Waals surface area contributed by atoms with Gasteiger partial charge in [-0.05, 0) is 73.1 Å². The Hall–Kier alpha value is -4.32. The second-order valence-corrected chi connectivity index (χ2v) is 10.9. The molecular formula is C30H30N4O5. The van der Waals surface area contributed by atoms with Crippen molar-refractivity contribution in [2.75, 3.05) is 25.9 Å². The zero-order chi connectivity index (χ0) is 27.3. The molecule has 3 heterocycles. The summed E-state index contributed by atoms with van der Waals surface area (Å²) in [6.45, 7) is 1.73. The van der Waals surface area contributed by atoms with Crippen LogP contribution in [0.1, 0.15) is 63.9 Å². The zero-order valence-electron chi connectivity index (χ0n) is 21.8. The molecule has 9 heteroatoms. The van der Waals surface area contributed by atoms with E-state index >= 15 is 0 Å². The summed E-state index contributed by atoms with van der Waals surface area (Å²) in [6, 6.07) is 10.1. The minimum atomic E-state index is -0.622. The van der Waals surface area contributed by atoms with Crippen LogP contribution in [0.5, 0.6) is 5.75 Å². The van der Waals surface area contributed by atoms with Crippen LogP contribution in [-0.2, 0) is 16.1 Å². The quantitative estimate of drug-likeness (QED) is 0.360. The third kappa shape index (κ3) is 4.50. The molecule has 2 aromatic carbocycles. The normalized spacial score (nSPS) is 23.2. The molecule has 1 saturated carbocycles. The Morgan fingerprint density at radius 2 is 1.92 bits per heavy atom. The van der Waals surface area contributed by atoms with Crippen molar-refractivity contribution < 1.29 is 23.9 Å². The highest BCUT2D eigenvalue weighted by Crippen LogP contribution is 2.59. The van der Waals surface area contributed by atoms with Gasteiger partial charge in [0.15, 0.2) is 0 Å². The van der Waals surface area contributed by atoms with Gasteiger partial charge >= 0.3 is 0 Å². The fourth-order valence-electron chi connectivity index (χ4n) is 6.11. The molecule has 9 nitrogen and oxygen atoms in total. The number of rotatable bonds is 3. The van der Waals surface area contributed by atoms with E-state index in [4.69, 9.17) is 10.5 Å². The fourth-order valence-corrected chi connectivity index (χ4v) is 6.11. The topological polar surface area (TPSA) is 122 Å². The van der Waals surface area contributed by atoms with Crippen LogP contribution in [-0.4, -0.2) is 59.7 Å². The van der Waals surface area contributed by atoms with Crippen LogP contribution < -0.4 is 15.8 Å². The van der Waals surface area contributed by atoms with E-state index in [2.05, 4.69) is 17.2 Å². The van der Waals surface area contributed by atoms with Gasteiger partial charge in [0.1, 0.15) is 11.8 Å². The monoisotopic (exact) mass is 526 g/mol. The third-order valence-electron chi connectivity index (χ3n) is 8.63. The number of imide groups is 1. The van der Waals surface area contributed by atoms with Gasteiger partial charge in [-0.2, -0.15) is 0 Å². The standard InChI is InChI=1S/C30H30N4O5/c1-39-25-15-19(4-7-23(25)31)28(37)33-12-10-30(11-13-33)16-21(30)5-2-18-3-6-22-20(14-18)17-34(29(22)38)24-8-9-26(35)32-27(24)36/h3-4,6-7,14-15,21,24H,8-13,16-17,31H2,1H3,(H,32,35,36)/t21-,24?/m0/s1. The van der Waals surface area contributed by atoms with Crippen LogP contribution in [0.3, 0.4) is 0 Å². The second kappa shape index (κ2) is 9.45. The number of carbonyl (C=O) groups excluding carboxylic acids is 4.